The monoisotopic (exact) mass is 333 g/mol. The molecule has 0 spiro atoms. The number of rotatable bonds is 4. The molecule has 2 aromatic carbocycles. The van der Waals surface area contributed by atoms with Crippen LogP contribution in [0.1, 0.15) is 11.1 Å². The highest BCUT2D eigenvalue weighted by atomic mass is 35.5. The SMILES string of the molecule is O=C(Cc1c(F)cccc1Cl)NCC1COc2ccccc2C1. The first kappa shape index (κ1) is 15.8. The molecule has 0 radical (unpaired) electrons. The van der Waals surface area contributed by atoms with E-state index in [9.17, 15) is 9.18 Å². The summed E-state index contributed by atoms with van der Waals surface area (Å²) < 4.78 is 19.4. The molecule has 0 aromatic heterocycles. The van der Waals surface area contributed by atoms with Crippen LogP contribution >= 0.6 is 11.6 Å². The van der Waals surface area contributed by atoms with Gasteiger partial charge in [-0.1, -0.05) is 35.9 Å². The fourth-order valence-corrected chi connectivity index (χ4v) is 2.93. The number of nitrogens with one attached hydrogen (secondary N) is 1. The number of hydrogen-bond donors (Lipinski definition) is 1. The van der Waals surface area contributed by atoms with Crippen LogP contribution in [0, 0.1) is 11.7 Å². The summed E-state index contributed by atoms with van der Waals surface area (Å²) in [7, 11) is 0. The standard InChI is InChI=1S/C18H17ClFNO2/c19-15-5-3-6-16(20)14(15)9-18(22)21-10-12-8-13-4-1-2-7-17(13)23-11-12/h1-7,12H,8-11H2,(H,21,22). The zero-order valence-electron chi connectivity index (χ0n) is 12.5. The Labute approximate surface area is 139 Å². The van der Waals surface area contributed by atoms with Crippen LogP contribution in [0.15, 0.2) is 42.5 Å². The van der Waals surface area contributed by atoms with E-state index in [1.165, 1.54) is 12.1 Å². The summed E-state index contributed by atoms with van der Waals surface area (Å²) in [5.74, 6) is 0.427. The maximum absolute atomic E-state index is 13.7. The predicted molar refractivity (Wildman–Crippen MR) is 87.3 cm³/mol. The van der Waals surface area contributed by atoms with Gasteiger partial charge in [0.1, 0.15) is 11.6 Å². The van der Waals surface area contributed by atoms with Gasteiger partial charge >= 0.3 is 0 Å². The molecule has 0 bridgehead atoms. The molecule has 0 aliphatic carbocycles. The summed E-state index contributed by atoms with van der Waals surface area (Å²) in [6, 6.07) is 12.3. The molecular formula is C18H17ClFNO2. The van der Waals surface area contributed by atoms with Gasteiger partial charge in [-0.3, -0.25) is 4.79 Å². The molecule has 1 aliphatic heterocycles. The van der Waals surface area contributed by atoms with Crippen molar-refractivity contribution in [3.05, 3.63) is 64.4 Å². The van der Waals surface area contributed by atoms with E-state index in [-0.39, 0.29) is 28.8 Å². The van der Waals surface area contributed by atoms with Crippen LogP contribution in [0.2, 0.25) is 5.02 Å². The molecule has 1 aliphatic rings. The van der Waals surface area contributed by atoms with Gasteiger partial charge in [-0.05, 0) is 30.2 Å². The molecule has 1 atom stereocenters. The second kappa shape index (κ2) is 7.01. The van der Waals surface area contributed by atoms with Gasteiger partial charge in [0, 0.05) is 23.0 Å². The molecule has 0 saturated heterocycles. The number of para-hydroxylation sites is 1. The molecular weight excluding hydrogens is 317 g/mol. The van der Waals surface area contributed by atoms with Crippen molar-refractivity contribution in [1.29, 1.82) is 0 Å². The molecule has 120 valence electrons. The number of carbonyl (C=O) groups excluding carboxylic acids is 1. The highest BCUT2D eigenvalue weighted by Crippen LogP contribution is 2.26. The van der Waals surface area contributed by atoms with Crippen LogP contribution in [-0.4, -0.2) is 19.1 Å². The number of amides is 1. The van der Waals surface area contributed by atoms with Crippen molar-refractivity contribution in [2.75, 3.05) is 13.2 Å². The van der Waals surface area contributed by atoms with Crippen LogP contribution in [-0.2, 0) is 17.6 Å². The Hall–Kier alpha value is -2.07. The molecule has 5 heteroatoms. The number of halogens is 2. The fourth-order valence-electron chi connectivity index (χ4n) is 2.70. The second-order valence-electron chi connectivity index (χ2n) is 5.67. The molecule has 0 saturated carbocycles. The van der Waals surface area contributed by atoms with E-state index in [4.69, 9.17) is 16.3 Å². The third-order valence-electron chi connectivity index (χ3n) is 3.94. The zero-order valence-corrected chi connectivity index (χ0v) is 13.3. The van der Waals surface area contributed by atoms with Gasteiger partial charge < -0.3 is 10.1 Å². The molecule has 23 heavy (non-hydrogen) atoms. The minimum Gasteiger partial charge on any atom is -0.493 e. The summed E-state index contributed by atoms with van der Waals surface area (Å²) in [5.41, 5.74) is 1.38. The molecule has 1 unspecified atom stereocenters. The Morgan fingerprint density at radius 1 is 1.26 bits per heavy atom. The molecule has 1 N–H and O–H groups in total. The van der Waals surface area contributed by atoms with Crippen molar-refractivity contribution >= 4 is 17.5 Å². The first-order valence-corrected chi connectivity index (χ1v) is 7.91. The minimum atomic E-state index is -0.456. The fraction of sp³-hybridized carbons (Fsp3) is 0.278. The Balaban J connectivity index is 1.54. The molecule has 3 rings (SSSR count). The van der Waals surface area contributed by atoms with Crippen molar-refractivity contribution in [1.82, 2.24) is 5.32 Å². The highest BCUT2D eigenvalue weighted by Gasteiger charge is 2.20. The Kier molecular flexibility index (Phi) is 4.82. The van der Waals surface area contributed by atoms with Crippen LogP contribution in [0.4, 0.5) is 4.39 Å². The Morgan fingerprint density at radius 2 is 2.09 bits per heavy atom. The van der Waals surface area contributed by atoms with Gasteiger partial charge in [-0.25, -0.2) is 4.39 Å². The van der Waals surface area contributed by atoms with E-state index >= 15 is 0 Å². The first-order chi connectivity index (χ1) is 11.1. The van der Waals surface area contributed by atoms with E-state index in [0.29, 0.717) is 13.2 Å². The largest absolute Gasteiger partial charge is 0.493 e. The van der Waals surface area contributed by atoms with Gasteiger partial charge in [-0.15, -0.1) is 0 Å². The number of carbonyl (C=O) groups is 1. The van der Waals surface area contributed by atoms with E-state index in [1.54, 1.807) is 6.07 Å². The lowest BCUT2D eigenvalue weighted by Crippen LogP contribution is -2.35. The molecule has 1 amide bonds. The van der Waals surface area contributed by atoms with Gasteiger partial charge in [0.2, 0.25) is 5.91 Å². The van der Waals surface area contributed by atoms with E-state index in [1.807, 2.05) is 24.3 Å². The topological polar surface area (TPSA) is 38.3 Å². The third-order valence-corrected chi connectivity index (χ3v) is 4.30. The molecule has 2 aromatic rings. The number of hydrogen-bond acceptors (Lipinski definition) is 2. The summed E-state index contributed by atoms with van der Waals surface area (Å²) in [6.07, 6.45) is 0.798. The van der Waals surface area contributed by atoms with Crippen LogP contribution in [0.25, 0.3) is 0 Å². The highest BCUT2D eigenvalue weighted by molar-refractivity contribution is 6.31. The molecule has 3 nitrogen and oxygen atoms in total. The van der Waals surface area contributed by atoms with Crippen molar-refractivity contribution in [3.63, 3.8) is 0 Å². The second-order valence-corrected chi connectivity index (χ2v) is 6.08. The van der Waals surface area contributed by atoms with Gasteiger partial charge in [-0.2, -0.15) is 0 Å². The number of benzene rings is 2. The number of fused-ring (bicyclic) bond motifs is 1. The maximum atomic E-state index is 13.7. The molecule has 0 fully saturated rings. The summed E-state index contributed by atoms with van der Waals surface area (Å²) >= 11 is 5.94. The van der Waals surface area contributed by atoms with E-state index < -0.39 is 5.82 Å². The predicted octanol–water partition coefficient (Wildman–Crippen LogP) is 3.39. The van der Waals surface area contributed by atoms with E-state index in [2.05, 4.69) is 5.32 Å². The minimum absolute atomic E-state index is 0.0599. The smallest absolute Gasteiger partial charge is 0.224 e. The normalized spacial score (nSPS) is 16.3. The van der Waals surface area contributed by atoms with Crippen molar-refractivity contribution < 1.29 is 13.9 Å². The van der Waals surface area contributed by atoms with E-state index in [0.717, 1.165) is 17.7 Å². The third kappa shape index (κ3) is 3.82. The Morgan fingerprint density at radius 3 is 2.91 bits per heavy atom. The van der Waals surface area contributed by atoms with Crippen molar-refractivity contribution in [3.8, 4) is 5.75 Å². The summed E-state index contributed by atoms with van der Waals surface area (Å²) in [4.78, 5) is 12.0. The average molecular weight is 334 g/mol. The zero-order chi connectivity index (χ0) is 16.2. The first-order valence-electron chi connectivity index (χ1n) is 7.54. The lowest BCUT2D eigenvalue weighted by Gasteiger charge is -2.25. The van der Waals surface area contributed by atoms with Gasteiger partial charge in [0.15, 0.2) is 0 Å². The van der Waals surface area contributed by atoms with Crippen molar-refractivity contribution in [2.24, 2.45) is 5.92 Å². The molecule has 1 heterocycles. The van der Waals surface area contributed by atoms with Crippen molar-refractivity contribution in [2.45, 2.75) is 12.8 Å². The summed E-state index contributed by atoms with van der Waals surface area (Å²) in [5, 5.41) is 3.12. The Bertz CT molecular complexity index is 700. The average Bonchev–Trinajstić information content (AvgIpc) is 2.56. The van der Waals surface area contributed by atoms with Crippen LogP contribution < -0.4 is 10.1 Å². The van der Waals surface area contributed by atoms with Gasteiger partial charge in [0.25, 0.3) is 0 Å². The lowest BCUT2D eigenvalue weighted by molar-refractivity contribution is -0.120. The quantitative estimate of drug-likeness (QED) is 0.931. The maximum Gasteiger partial charge on any atom is 0.224 e. The van der Waals surface area contributed by atoms with Gasteiger partial charge in [0.05, 0.1) is 13.0 Å². The van der Waals surface area contributed by atoms with Crippen LogP contribution in [0.5, 0.6) is 5.75 Å². The number of ether oxygens (including phenoxy) is 1. The van der Waals surface area contributed by atoms with Crippen LogP contribution in [0.3, 0.4) is 0 Å². The summed E-state index contributed by atoms with van der Waals surface area (Å²) in [6.45, 7) is 1.07. The lowest BCUT2D eigenvalue weighted by atomic mass is 9.96.